The first-order valence-electron chi connectivity index (χ1n) is 6.75. The molecular weight excluding hydrogens is 276 g/mol. The minimum absolute atomic E-state index is 0.0421. The van der Waals surface area contributed by atoms with Gasteiger partial charge in [-0.25, -0.2) is 9.78 Å². The first-order valence-corrected chi connectivity index (χ1v) is 6.75. The highest BCUT2D eigenvalue weighted by Gasteiger charge is 2.21. The van der Waals surface area contributed by atoms with Crippen LogP contribution >= 0.6 is 0 Å². The third kappa shape index (κ3) is 4.67. The van der Waals surface area contributed by atoms with Gasteiger partial charge in [0.15, 0.2) is 0 Å². The van der Waals surface area contributed by atoms with E-state index in [1.54, 1.807) is 0 Å². The Morgan fingerprint density at radius 2 is 2.14 bits per heavy atom. The largest absolute Gasteiger partial charge is 0.477 e. The van der Waals surface area contributed by atoms with E-state index in [9.17, 15) is 14.9 Å². The molecule has 1 unspecified atom stereocenters. The number of hydrogen-bond acceptors (Lipinski definition) is 6. The molecule has 1 atom stereocenters. The Morgan fingerprint density at radius 3 is 2.62 bits per heavy atom. The van der Waals surface area contributed by atoms with Crippen LogP contribution in [-0.2, 0) is 0 Å². The van der Waals surface area contributed by atoms with Crippen molar-refractivity contribution in [2.75, 3.05) is 25.0 Å². The lowest BCUT2D eigenvalue weighted by Crippen LogP contribution is -2.35. The molecule has 0 aliphatic heterocycles. The second kappa shape index (κ2) is 7.53. The van der Waals surface area contributed by atoms with Crippen molar-refractivity contribution in [3.05, 3.63) is 27.9 Å². The SMILES string of the molecule is CCN(CC)CC(C)Nc1cc(C(=O)O)c([N+](=O)[O-])cn1. The standard InChI is InChI=1S/C13H20N4O4/c1-4-16(5-2)8-9(3)15-12-6-10(13(18)19)11(7-14-12)17(20)21/h6-7,9H,4-5,8H2,1-3H3,(H,14,15)(H,18,19). The second-order valence-electron chi connectivity index (χ2n) is 4.68. The van der Waals surface area contributed by atoms with E-state index in [0.717, 1.165) is 25.8 Å². The lowest BCUT2D eigenvalue weighted by Gasteiger charge is -2.23. The van der Waals surface area contributed by atoms with Gasteiger partial charge in [-0.3, -0.25) is 10.1 Å². The molecule has 1 heterocycles. The molecule has 8 heteroatoms. The minimum Gasteiger partial charge on any atom is -0.477 e. The van der Waals surface area contributed by atoms with Crippen LogP contribution in [0.2, 0.25) is 0 Å². The van der Waals surface area contributed by atoms with E-state index in [2.05, 4.69) is 29.0 Å². The highest BCUT2D eigenvalue weighted by molar-refractivity contribution is 5.93. The van der Waals surface area contributed by atoms with Crippen molar-refractivity contribution in [1.82, 2.24) is 9.88 Å². The van der Waals surface area contributed by atoms with Crippen LogP contribution < -0.4 is 5.32 Å². The molecule has 8 nitrogen and oxygen atoms in total. The maximum Gasteiger partial charge on any atom is 0.342 e. The molecule has 0 saturated carbocycles. The Balaban J connectivity index is 2.87. The smallest absolute Gasteiger partial charge is 0.342 e. The average molecular weight is 296 g/mol. The quantitative estimate of drug-likeness (QED) is 0.556. The zero-order valence-corrected chi connectivity index (χ0v) is 12.4. The molecule has 0 radical (unpaired) electrons. The van der Waals surface area contributed by atoms with E-state index in [1.807, 2.05) is 6.92 Å². The average Bonchev–Trinajstić information content (AvgIpc) is 2.44. The summed E-state index contributed by atoms with van der Waals surface area (Å²) in [6, 6.07) is 1.24. The number of hydrogen-bond donors (Lipinski definition) is 2. The van der Waals surface area contributed by atoms with E-state index in [1.165, 1.54) is 6.07 Å². The number of nitrogens with one attached hydrogen (secondary N) is 1. The molecule has 116 valence electrons. The monoisotopic (exact) mass is 296 g/mol. The van der Waals surface area contributed by atoms with Crippen molar-refractivity contribution < 1.29 is 14.8 Å². The molecule has 21 heavy (non-hydrogen) atoms. The topological polar surface area (TPSA) is 109 Å². The first kappa shape index (κ1) is 16.8. The molecule has 2 N–H and O–H groups in total. The van der Waals surface area contributed by atoms with E-state index >= 15 is 0 Å². The lowest BCUT2D eigenvalue weighted by molar-refractivity contribution is -0.385. The van der Waals surface area contributed by atoms with Crippen LogP contribution in [0.1, 0.15) is 31.1 Å². The summed E-state index contributed by atoms with van der Waals surface area (Å²) in [5, 5.41) is 22.8. The fourth-order valence-electron chi connectivity index (χ4n) is 2.01. The van der Waals surface area contributed by atoms with Gasteiger partial charge in [0.05, 0.1) is 4.92 Å². The molecule has 1 aromatic rings. The lowest BCUT2D eigenvalue weighted by atomic mass is 10.2. The van der Waals surface area contributed by atoms with Crippen molar-refractivity contribution in [2.45, 2.75) is 26.8 Å². The highest BCUT2D eigenvalue weighted by Crippen LogP contribution is 2.20. The number of carboxylic acids is 1. The number of aromatic carboxylic acids is 1. The number of carboxylic acid groups (broad SMARTS) is 1. The molecule has 0 aromatic carbocycles. The summed E-state index contributed by atoms with van der Waals surface area (Å²) >= 11 is 0. The summed E-state index contributed by atoms with van der Waals surface area (Å²) in [6.45, 7) is 8.66. The zero-order chi connectivity index (χ0) is 16.0. The Kier molecular flexibility index (Phi) is 6.04. The Hall–Kier alpha value is -2.22. The van der Waals surface area contributed by atoms with Gasteiger partial charge in [-0.2, -0.15) is 0 Å². The van der Waals surface area contributed by atoms with Gasteiger partial charge in [-0.1, -0.05) is 13.8 Å². The summed E-state index contributed by atoms with van der Waals surface area (Å²) in [5.74, 6) is -1.03. The Morgan fingerprint density at radius 1 is 1.52 bits per heavy atom. The normalized spacial score (nSPS) is 12.2. The van der Waals surface area contributed by atoms with Gasteiger partial charge in [0.1, 0.15) is 17.6 Å². The second-order valence-corrected chi connectivity index (χ2v) is 4.68. The summed E-state index contributed by atoms with van der Waals surface area (Å²) < 4.78 is 0. The maximum atomic E-state index is 11.1. The zero-order valence-electron chi connectivity index (χ0n) is 12.4. The van der Waals surface area contributed by atoms with Crippen LogP contribution in [0.4, 0.5) is 11.5 Å². The predicted octanol–water partition coefficient (Wildman–Crippen LogP) is 1.83. The minimum atomic E-state index is -1.34. The number of likely N-dealkylation sites (N-methyl/N-ethyl adjacent to an activating group) is 1. The molecule has 0 aliphatic rings. The van der Waals surface area contributed by atoms with E-state index in [4.69, 9.17) is 5.11 Å². The van der Waals surface area contributed by atoms with Gasteiger partial charge in [0.2, 0.25) is 0 Å². The number of nitro groups is 1. The molecule has 1 aromatic heterocycles. The predicted molar refractivity (Wildman–Crippen MR) is 78.7 cm³/mol. The molecule has 0 saturated heterocycles. The third-order valence-electron chi connectivity index (χ3n) is 3.13. The highest BCUT2D eigenvalue weighted by atomic mass is 16.6. The van der Waals surface area contributed by atoms with Crippen LogP contribution in [0, 0.1) is 10.1 Å². The van der Waals surface area contributed by atoms with Gasteiger partial charge >= 0.3 is 11.7 Å². The number of pyridine rings is 1. The number of carbonyl (C=O) groups is 1. The van der Waals surface area contributed by atoms with Crippen LogP contribution in [0.5, 0.6) is 0 Å². The summed E-state index contributed by atoms with van der Waals surface area (Å²) in [4.78, 5) is 27.2. The van der Waals surface area contributed by atoms with Crippen LogP contribution in [0.25, 0.3) is 0 Å². The fraction of sp³-hybridized carbons (Fsp3) is 0.538. The summed E-state index contributed by atoms with van der Waals surface area (Å²) in [5.41, 5.74) is -0.878. The molecular formula is C13H20N4O4. The molecule has 0 fully saturated rings. The van der Waals surface area contributed by atoms with Gasteiger partial charge in [0.25, 0.3) is 0 Å². The van der Waals surface area contributed by atoms with Crippen LogP contribution in [-0.4, -0.2) is 51.6 Å². The number of aromatic nitrogens is 1. The van der Waals surface area contributed by atoms with E-state index in [-0.39, 0.29) is 11.6 Å². The summed E-state index contributed by atoms with van der Waals surface area (Å²) in [6.07, 6.45) is 0.968. The van der Waals surface area contributed by atoms with Crippen LogP contribution in [0.3, 0.4) is 0 Å². The van der Waals surface area contributed by atoms with Crippen molar-refractivity contribution in [3.63, 3.8) is 0 Å². The first-order chi connectivity index (χ1) is 9.88. The van der Waals surface area contributed by atoms with Gasteiger partial charge in [0, 0.05) is 18.7 Å². The number of nitrogens with zero attached hydrogens (tertiary/aromatic N) is 3. The van der Waals surface area contributed by atoms with Gasteiger partial charge in [-0.05, 0) is 20.0 Å². The molecule has 0 aliphatic carbocycles. The van der Waals surface area contributed by atoms with Crippen LogP contribution in [0.15, 0.2) is 12.3 Å². The van der Waals surface area contributed by atoms with Crippen molar-refractivity contribution in [2.24, 2.45) is 0 Å². The van der Waals surface area contributed by atoms with Crippen molar-refractivity contribution >= 4 is 17.5 Å². The van der Waals surface area contributed by atoms with Gasteiger partial charge in [-0.15, -0.1) is 0 Å². The van der Waals surface area contributed by atoms with Crippen molar-refractivity contribution in [1.29, 1.82) is 0 Å². The summed E-state index contributed by atoms with van der Waals surface area (Å²) in [7, 11) is 0. The maximum absolute atomic E-state index is 11.1. The fourth-order valence-corrected chi connectivity index (χ4v) is 2.01. The third-order valence-corrected chi connectivity index (χ3v) is 3.13. The van der Waals surface area contributed by atoms with Crippen molar-refractivity contribution in [3.8, 4) is 0 Å². The van der Waals surface area contributed by atoms with Gasteiger partial charge < -0.3 is 15.3 Å². The molecule has 0 spiro atoms. The number of anilines is 1. The molecule has 0 bridgehead atoms. The number of rotatable bonds is 8. The van der Waals surface area contributed by atoms with E-state index in [0.29, 0.717) is 5.82 Å². The van der Waals surface area contributed by atoms with E-state index < -0.39 is 16.6 Å². The molecule has 1 rings (SSSR count). The molecule has 0 amide bonds. The Labute approximate surface area is 122 Å². The Bertz CT molecular complexity index is 517.